The third-order valence-electron chi connectivity index (χ3n) is 3.50. The molecular formula is C18H14N2O5. The number of hydrogen-bond acceptors (Lipinski definition) is 5. The van der Waals surface area contributed by atoms with Crippen molar-refractivity contribution in [3.05, 3.63) is 76.5 Å². The molecule has 0 aliphatic carbocycles. The van der Waals surface area contributed by atoms with Gasteiger partial charge in [0.25, 0.3) is 11.6 Å². The average Bonchev–Trinajstić information content (AvgIpc) is 3.12. The Balaban J connectivity index is 1.79. The number of amides is 1. The maximum absolute atomic E-state index is 12.3. The topological polar surface area (TPSA) is 94.6 Å². The second-order valence-electron chi connectivity index (χ2n) is 5.16. The van der Waals surface area contributed by atoms with Gasteiger partial charge < -0.3 is 14.5 Å². The number of furan rings is 1. The SMILES string of the molecule is COc1cccc(NC(=O)c2ccc(-c3cccc([N+](=O)[O-])c3)o2)c1. The van der Waals surface area contributed by atoms with E-state index >= 15 is 0 Å². The Morgan fingerprint density at radius 1 is 1.12 bits per heavy atom. The molecule has 0 radical (unpaired) electrons. The normalized spacial score (nSPS) is 10.3. The highest BCUT2D eigenvalue weighted by molar-refractivity contribution is 6.02. The van der Waals surface area contributed by atoms with Gasteiger partial charge in [-0.2, -0.15) is 0 Å². The van der Waals surface area contributed by atoms with Crippen LogP contribution in [0.4, 0.5) is 11.4 Å². The molecule has 0 bridgehead atoms. The lowest BCUT2D eigenvalue weighted by atomic mass is 10.1. The highest BCUT2D eigenvalue weighted by atomic mass is 16.6. The number of nitro groups is 1. The molecule has 3 rings (SSSR count). The fraction of sp³-hybridized carbons (Fsp3) is 0.0556. The standard InChI is InChI=1S/C18H14N2O5/c1-24-15-7-3-5-13(11-15)19-18(21)17-9-8-16(25-17)12-4-2-6-14(10-12)20(22)23/h2-11H,1H3,(H,19,21). The Labute approximate surface area is 143 Å². The van der Waals surface area contributed by atoms with Crippen LogP contribution in [0.2, 0.25) is 0 Å². The van der Waals surface area contributed by atoms with Crippen LogP contribution >= 0.6 is 0 Å². The number of rotatable bonds is 5. The predicted octanol–water partition coefficient (Wildman–Crippen LogP) is 4.12. The molecule has 2 aromatic carbocycles. The molecular weight excluding hydrogens is 324 g/mol. The number of carbonyl (C=O) groups excluding carboxylic acids is 1. The Bertz CT molecular complexity index is 932. The van der Waals surface area contributed by atoms with Gasteiger partial charge in [-0.25, -0.2) is 0 Å². The maximum Gasteiger partial charge on any atom is 0.291 e. The molecule has 7 nitrogen and oxygen atoms in total. The van der Waals surface area contributed by atoms with E-state index in [1.54, 1.807) is 49.6 Å². The van der Waals surface area contributed by atoms with Gasteiger partial charge in [0.1, 0.15) is 11.5 Å². The molecule has 0 spiro atoms. The van der Waals surface area contributed by atoms with Crippen molar-refractivity contribution in [2.75, 3.05) is 12.4 Å². The minimum absolute atomic E-state index is 0.0451. The van der Waals surface area contributed by atoms with Crippen molar-refractivity contribution in [2.45, 2.75) is 0 Å². The first kappa shape index (κ1) is 16.3. The van der Waals surface area contributed by atoms with Gasteiger partial charge in [-0.1, -0.05) is 18.2 Å². The van der Waals surface area contributed by atoms with Crippen molar-refractivity contribution in [3.63, 3.8) is 0 Å². The van der Waals surface area contributed by atoms with Gasteiger partial charge in [0.05, 0.1) is 12.0 Å². The van der Waals surface area contributed by atoms with E-state index < -0.39 is 10.8 Å². The number of ether oxygens (including phenoxy) is 1. The lowest BCUT2D eigenvalue weighted by Gasteiger charge is -2.05. The largest absolute Gasteiger partial charge is 0.497 e. The van der Waals surface area contributed by atoms with Crippen molar-refractivity contribution in [1.82, 2.24) is 0 Å². The van der Waals surface area contributed by atoms with Gasteiger partial charge in [-0.15, -0.1) is 0 Å². The van der Waals surface area contributed by atoms with Crippen LogP contribution in [0, 0.1) is 10.1 Å². The van der Waals surface area contributed by atoms with E-state index in [-0.39, 0.29) is 11.4 Å². The van der Waals surface area contributed by atoms with Gasteiger partial charge in [0.15, 0.2) is 5.76 Å². The van der Waals surface area contributed by atoms with Crippen LogP contribution in [-0.2, 0) is 0 Å². The highest BCUT2D eigenvalue weighted by Crippen LogP contribution is 2.26. The predicted molar refractivity (Wildman–Crippen MR) is 91.7 cm³/mol. The molecule has 0 unspecified atom stereocenters. The summed E-state index contributed by atoms with van der Waals surface area (Å²) in [7, 11) is 1.54. The number of nitrogens with zero attached hydrogens (tertiary/aromatic N) is 1. The lowest BCUT2D eigenvalue weighted by molar-refractivity contribution is -0.384. The van der Waals surface area contributed by atoms with Crippen molar-refractivity contribution in [1.29, 1.82) is 0 Å². The average molecular weight is 338 g/mol. The fourth-order valence-corrected chi connectivity index (χ4v) is 2.28. The van der Waals surface area contributed by atoms with Gasteiger partial charge in [-0.3, -0.25) is 14.9 Å². The van der Waals surface area contributed by atoms with Gasteiger partial charge >= 0.3 is 0 Å². The fourth-order valence-electron chi connectivity index (χ4n) is 2.28. The van der Waals surface area contributed by atoms with Crippen LogP contribution in [0.5, 0.6) is 5.75 Å². The summed E-state index contributed by atoms with van der Waals surface area (Å²) in [5.41, 5.74) is 1.04. The van der Waals surface area contributed by atoms with Gasteiger partial charge in [0, 0.05) is 29.4 Å². The number of hydrogen-bond donors (Lipinski definition) is 1. The summed E-state index contributed by atoms with van der Waals surface area (Å²) in [5.74, 6) is 0.670. The van der Waals surface area contributed by atoms with Crippen molar-refractivity contribution >= 4 is 17.3 Å². The van der Waals surface area contributed by atoms with Crippen LogP contribution in [0.25, 0.3) is 11.3 Å². The first-order valence-corrected chi connectivity index (χ1v) is 7.37. The number of non-ortho nitro benzene ring substituents is 1. The molecule has 0 atom stereocenters. The molecule has 1 aromatic heterocycles. The number of benzene rings is 2. The number of carbonyl (C=O) groups is 1. The molecule has 7 heteroatoms. The number of nitrogens with one attached hydrogen (secondary N) is 1. The first-order valence-electron chi connectivity index (χ1n) is 7.37. The Hall–Kier alpha value is -3.61. The summed E-state index contributed by atoms with van der Waals surface area (Å²) in [4.78, 5) is 22.7. The molecule has 1 amide bonds. The van der Waals surface area contributed by atoms with Crippen LogP contribution < -0.4 is 10.1 Å². The maximum atomic E-state index is 12.3. The van der Waals surface area contributed by atoms with Crippen molar-refractivity contribution in [3.8, 4) is 17.1 Å². The van der Waals surface area contributed by atoms with Crippen LogP contribution in [-0.4, -0.2) is 17.9 Å². The zero-order valence-electron chi connectivity index (χ0n) is 13.3. The zero-order valence-corrected chi connectivity index (χ0v) is 13.3. The molecule has 126 valence electrons. The Morgan fingerprint density at radius 3 is 2.68 bits per heavy atom. The molecule has 0 fully saturated rings. The van der Waals surface area contributed by atoms with Crippen LogP contribution in [0.1, 0.15) is 10.6 Å². The van der Waals surface area contributed by atoms with Gasteiger partial charge in [-0.05, 0) is 24.3 Å². The van der Waals surface area contributed by atoms with E-state index in [2.05, 4.69) is 5.32 Å². The van der Waals surface area contributed by atoms with Crippen LogP contribution in [0.3, 0.4) is 0 Å². The zero-order chi connectivity index (χ0) is 17.8. The molecule has 0 aliphatic heterocycles. The molecule has 1 N–H and O–H groups in total. The van der Waals surface area contributed by atoms with E-state index in [1.165, 1.54) is 18.2 Å². The summed E-state index contributed by atoms with van der Waals surface area (Å²) >= 11 is 0. The molecule has 1 heterocycles. The molecule has 0 aliphatic rings. The van der Waals surface area contributed by atoms with E-state index in [9.17, 15) is 14.9 Å². The molecule has 0 saturated heterocycles. The van der Waals surface area contributed by atoms with Crippen molar-refractivity contribution < 1.29 is 18.9 Å². The summed E-state index contributed by atoms with van der Waals surface area (Å²) in [5, 5.41) is 13.6. The monoisotopic (exact) mass is 338 g/mol. The highest BCUT2D eigenvalue weighted by Gasteiger charge is 2.14. The Morgan fingerprint density at radius 2 is 1.92 bits per heavy atom. The second-order valence-corrected chi connectivity index (χ2v) is 5.16. The summed E-state index contributed by atoms with van der Waals surface area (Å²) in [6, 6.07) is 16.1. The number of nitro benzene ring substituents is 1. The minimum atomic E-state index is -0.483. The third kappa shape index (κ3) is 3.66. The van der Waals surface area contributed by atoms with E-state index in [4.69, 9.17) is 9.15 Å². The van der Waals surface area contributed by atoms with Gasteiger partial charge in [0.2, 0.25) is 0 Å². The van der Waals surface area contributed by atoms with E-state index in [1.807, 2.05) is 0 Å². The minimum Gasteiger partial charge on any atom is -0.497 e. The quantitative estimate of drug-likeness (QED) is 0.558. The molecule has 3 aromatic rings. The van der Waals surface area contributed by atoms with E-state index in [0.29, 0.717) is 22.8 Å². The number of anilines is 1. The van der Waals surface area contributed by atoms with E-state index in [0.717, 1.165) is 0 Å². The summed E-state index contributed by atoms with van der Waals surface area (Å²) < 4.78 is 10.6. The van der Waals surface area contributed by atoms with Crippen LogP contribution in [0.15, 0.2) is 65.1 Å². The summed E-state index contributed by atoms with van der Waals surface area (Å²) in [6.45, 7) is 0. The van der Waals surface area contributed by atoms with Crippen molar-refractivity contribution in [2.24, 2.45) is 0 Å². The first-order chi connectivity index (χ1) is 12.1. The lowest BCUT2D eigenvalue weighted by Crippen LogP contribution is -2.10. The summed E-state index contributed by atoms with van der Waals surface area (Å²) in [6.07, 6.45) is 0. The molecule has 0 saturated carbocycles. The smallest absolute Gasteiger partial charge is 0.291 e. The Kier molecular flexibility index (Phi) is 4.47. The number of methoxy groups -OCH3 is 1. The third-order valence-corrected chi connectivity index (χ3v) is 3.50. The second kappa shape index (κ2) is 6.88. The molecule has 25 heavy (non-hydrogen) atoms.